The van der Waals surface area contributed by atoms with Crippen molar-refractivity contribution in [3.05, 3.63) is 63.2 Å². The van der Waals surface area contributed by atoms with E-state index in [1.807, 2.05) is 24.3 Å². The smallest absolute Gasteiger partial charge is 0.118 e. The quantitative estimate of drug-likeness (QED) is 0.552. The monoisotopic (exact) mass is 372 g/mol. The first-order valence-corrected chi connectivity index (χ1v) is 7.23. The molecule has 0 bridgehead atoms. The summed E-state index contributed by atoms with van der Waals surface area (Å²) in [5.41, 5.74) is 2.41. The zero-order chi connectivity index (χ0) is 13.0. The Morgan fingerprint density at radius 3 is 2.39 bits per heavy atom. The Kier molecular flexibility index (Phi) is 4.89. The van der Waals surface area contributed by atoms with Gasteiger partial charge in [0.25, 0.3) is 0 Å². The molecule has 2 aromatic carbocycles. The van der Waals surface area contributed by atoms with Crippen molar-refractivity contribution in [3.8, 4) is 5.75 Å². The zero-order valence-corrected chi connectivity index (χ0v) is 13.0. The number of alkyl halides is 1. The first kappa shape index (κ1) is 13.7. The number of hydrogen-bond acceptors (Lipinski definition) is 1. The van der Waals surface area contributed by atoms with Crippen LogP contribution in [0.25, 0.3) is 0 Å². The van der Waals surface area contributed by atoms with E-state index in [1.54, 1.807) is 7.11 Å². The van der Waals surface area contributed by atoms with Crippen molar-refractivity contribution in [1.29, 1.82) is 0 Å². The summed E-state index contributed by atoms with van der Waals surface area (Å²) in [6.07, 6.45) is 0.825. The lowest BCUT2D eigenvalue weighted by Crippen LogP contribution is -1.98. The predicted octanol–water partition coefficient (Wildman–Crippen LogP) is 4.82. The van der Waals surface area contributed by atoms with Crippen LogP contribution in [0.1, 0.15) is 16.5 Å². The van der Waals surface area contributed by atoms with Crippen molar-refractivity contribution in [2.24, 2.45) is 0 Å². The van der Waals surface area contributed by atoms with E-state index in [9.17, 15) is 0 Å². The lowest BCUT2D eigenvalue weighted by molar-refractivity contribution is 0.414. The summed E-state index contributed by atoms with van der Waals surface area (Å²) in [6.45, 7) is 0. The van der Waals surface area contributed by atoms with Crippen LogP contribution in [0.4, 0.5) is 0 Å². The van der Waals surface area contributed by atoms with E-state index in [4.69, 9.17) is 16.3 Å². The van der Waals surface area contributed by atoms with Crippen molar-refractivity contribution in [2.45, 2.75) is 11.8 Å². The van der Waals surface area contributed by atoms with Gasteiger partial charge in [-0.1, -0.05) is 30.3 Å². The molecule has 0 N–H and O–H groups in total. The van der Waals surface area contributed by atoms with Gasteiger partial charge >= 0.3 is 0 Å². The molecule has 0 amide bonds. The fraction of sp³-hybridized carbons (Fsp3) is 0.200. The second-order valence-corrected chi connectivity index (χ2v) is 5.73. The molecule has 2 aromatic rings. The van der Waals surface area contributed by atoms with E-state index in [0.29, 0.717) is 0 Å². The minimum absolute atomic E-state index is 0.00601. The Morgan fingerprint density at radius 2 is 1.78 bits per heavy atom. The first-order chi connectivity index (χ1) is 8.70. The van der Waals surface area contributed by atoms with Gasteiger partial charge in [0.1, 0.15) is 5.75 Å². The highest BCUT2D eigenvalue weighted by molar-refractivity contribution is 14.1. The highest BCUT2D eigenvalue weighted by atomic mass is 127. The fourth-order valence-electron chi connectivity index (χ4n) is 1.81. The van der Waals surface area contributed by atoms with Gasteiger partial charge in [0.15, 0.2) is 0 Å². The summed E-state index contributed by atoms with van der Waals surface area (Å²) in [4.78, 5) is 0. The lowest BCUT2D eigenvalue weighted by atomic mass is 10.0. The largest absolute Gasteiger partial charge is 0.497 e. The van der Waals surface area contributed by atoms with E-state index < -0.39 is 0 Å². The van der Waals surface area contributed by atoms with E-state index in [0.717, 1.165) is 12.2 Å². The normalized spacial score (nSPS) is 12.2. The molecule has 0 spiro atoms. The number of benzene rings is 2. The van der Waals surface area contributed by atoms with Gasteiger partial charge in [0, 0.05) is 3.57 Å². The topological polar surface area (TPSA) is 9.23 Å². The van der Waals surface area contributed by atoms with Crippen molar-refractivity contribution in [2.75, 3.05) is 7.11 Å². The number of methoxy groups -OCH3 is 1. The van der Waals surface area contributed by atoms with Crippen LogP contribution in [0.2, 0.25) is 0 Å². The maximum atomic E-state index is 6.48. The molecule has 0 aliphatic rings. The van der Waals surface area contributed by atoms with Crippen LogP contribution in [-0.2, 0) is 6.42 Å². The van der Waals surface area contributed by atoms with Gasteiger partial charge in [-0.2, -0.15) is 0 Å². The van der Waals surface area contributed by atoms with Gasteiger partial charge < -0.3 is 4.74 Å². The maximum Gasteiger partial charge on any atom is 0.118 e. The summed E-state index contributed by atoms with van der Waals surface area (Å²) in [5, 5.41) is 0.00601. The van der Waals surface area contributed by atoms with E-state index in [1.165, 1.54) is 14.7 Å². The minimum Gasteiger partial charge on any atom is -0.497 e. The van der Waals surface area contributed by atoms with Gasteiger partial charge in [0.2, 0.25) is 0 Å². The van der Waals surface area contributed by atoms with Crippen LogP contribution in [0.15, 0.2) is 48.5 Å². The molecule has 0 radical (unpaired) electrons. The summed E-state index contributed by atoms with van der Waals surface area (Å²) in [7, 11) is 1.67. The lowest BCUT2D eigenvalue weighted by Gasteiger charge is -2.12. The molecule has 1 nitrogen and oxygen atoms in total. The molecule has 94 valence electrons. The summed E-state index contributed by atoms with van der Waals surface area (Å²) < 4.78 is 6.36. The fourth-order valence-corrected chi connectivity index (χ4v) is 3.12. The maximum absolute atomic E-state index is 6.48. The standard InChI is InChI=1S/C15H14ClIO/c1-18-12-8-6-11(7-9-12)10-14(16)13-4-2-3-5-15(13)17/h2-9,14H,10H2,1H3. The van der Waals surface area contributed by atoms with Gasteiger partial charge in [0.05, 0.1) is 12.5 Å². The van der Waals surface area contributed by atoms with Gasteiger partial charge in [-0.3, -0.25) is 0 Å². The molecule has 2 rings (SSSR count). The van der Waals surface area contributed by atoms with E-state index in [-0.39, 0.29) is 5.38 Å². The molecule has 18 heavy (non-hydrogen) atoms. The molecule has 1 unspecified atom stereocenters. The Balaban J connectivity index is 2.11. The van der Waals surface area contributed by atoms with Gasteiger partial charge in [-0.15, -0.1) is 11.6 Å². The number of halogens is 2. The second-order valence-electron chi connectivity index (χ2n) is 4.04. The molecule has 3 heteroatoms. The number of hydrogen-bond donors (Lipinski definition) is 0. The van der Waals surface area contributed by atoms with Crippen LogP contribution >= 0.6 is 34.2 Å². The molecule has 0 saturated heterocycles. The van der Waals surface area contributed by atoms with Gasteiger partial charge in [-0.05, 0) is 58.3 Å². The Hall–Kier alpha value is -0.740. The van der Waals surface area contributed by atoms with Crippen LogP contribution in [-0.4, -0.2) is 7.11 Å². The molecular weight excluding hydrogens is 359 g/mol. The molecule has 0 fully saturated rings. The number of rotatable bonds is 4. The minimum atomic E-state index is 0.00601. The Bertz CT molecular complexity index is 510. The molecule has 0 aliphatic heterocycles. The first-order valence-electron chi connectivity index (χ1n) is 5.72. The molecule has 0 saturated carbocycles. The molecule has 1 atom stereocenters. The van der Waals surface area contributed by atoms with Crippen LogP contribution in [0.3, 0.4) is 0 Å². The zero-order valence-electron chi connectivity index (χ0n) is 10.1. The molecular formula is C15H14ClIO. The molecule has 0 aromatic heterocycles. The van der Waals surface area contributed by atoms with Crippen molar-refractivity contribution >= 4 is 34.2 Å². The average Bonchev–Trinajstić information content (AvgIpc) is 2.40. The Morgan fingerprint density at radius 1 is 1.11 bits per heavy atom. The summed E-state index contributed by atoms with van der Waals surface area (Å²) in [5.74, 6) is 0.874. The van der Waals surface area contributed by atoms with Crippen LogP contribution in [0.5, 0.6) is 5.75 Å². The van der Waals surface area contributed by atoms with Crippen molar-refractivity contribution < 1.29 is 4.74 Å². The van der Waals surface area contributed by atoms with Crippen molar-refractivity contribution in [3.63, 3.8) is 0 Å². The highest BCUT2D eigenvalue weighted by Crippen LogP contribution is 2.29. The van der Waals surface area contributed by atoms with Crippen LogP contribution in [0, 0.1) is 3.57 Å². The van der Waals surface area contributed by atoms with Crippen molar-refractivity contribution in [1.82, 2.24) is 0 Å². The number of ether oxygens (including phenoxy) is 1. The van der Waals surface area contributed by atoms with E-state index in [2.05, 4.69) is 46.9 Å². The van der Waals surface area contributed by atoms with E-state index >= 15 is 0 Å². The Labute approximate surface area is 126 Å². The van der Waals surface area contributed by atoms with Crippen LogP contribution < -0.4 is 4.74 Å². The molecule has 0 aliphatic carbocycles. The summed E-state index contributed by atoms with van der Waals surface area (Å²) >= 11 is 8.81. The summed E-state index contributed by atoms with van der Waals surface area (Å²) in [6, 6.07) is 16.3. The second kappa shape index (κ2) is 6.43. The molecule has 0 heterocycles. The SMILES string of the molecule is COc1ccc(CC(Cl)c2ccccc2I)cc1. The third-order valence-corrected chi connectivity index (χ3v) is 4.19. The highest BCUT2D eigenvalue weighted by Gasteiger charge is 2.11. The average molecular weight is 373 g/mol. The third-order valence-electron chi connectivity index (χ3n) is 2.82. The van der Waals surface area contributed by atoms with Gasteiger partial charge in [-0.25, -0.2) is 0 Å². The predicted molar refractivity (Wildman–Crippen MR) is 84.5 cm³/mol. The third kappa shape index (κ3) is 3.39.